The molecule has 0 heterocycles. The number of nitrogens with one attached hydrogen (secondary N) is 4. The molecule has 0 aliphatic carbocycles. The lowest BCUT2D eigenvalue weighted by Crippen LogP contribution is -2.34. The first-order valence-corrected chi connectivity index (χ1v) is 14.2. The van der Waals surface area contributed by atoms with Crippen LogP contribution in [0.15, 0.2) is 97.1 Å². The second-order valence-electron chi connectivity index (χ2n) is 9.78. The van der Waals surface area contributed by atoms with Crippen molar-refractivity contribution in [3.8, 4) is 23.0 Å². The smallest absolute Gasteiger partial charge is 0.264 e. The first kappa shape index (κ1) is 33.6. The van der Waals surface area contributed by atoms with E-state index in [1.807, 2.05) is 48.5 Å². The van der Waals surface area contributed by atoms with Crippen LogP contribution in [-0.4, -0.2) is 46.6 Å². The van der Waals surface area contributed by atoms with Gasteiger partial charge in [0.1, 0.15) is 36.2 Å². The summed E-state index contributed by atoms with van der Waals surface area (Å²) in [6.07, 6.45) is -1.71. The lowest BCUT2D eigenvalue weighted by Gasteiger charge is -2.24. The molecule has 0 unspecified atom stereocenters. The highest BCUT2D eigenvalue weighted by Crippen LogP contribution is 2.21. The minimum Gasteiger partial charge on any atom is -0.452 e. The van der Waals surface area contributed by atoms with Crippen LogP contribution in [0.2, 0.25) is 0 Å². The number of hydroxylamine groups is 4. The van der Waals surface area contributed by atoms with Crippen molar-refractivity contribution >= 4 is 0 Å². The fourth-order valence-electron chi connectivity index (χ4n) is 4.16. The third-order valence-corrected chi connectivity index (χ3v) is 6.40. The summed E-state index contributed by atoms with van der Waals surface area (Å²) in [6, 6.07) is 28.6. The van der Waals surface area contributed by atoms with Gasteiger partial charge in [-0.05, 0) is 70.8 Å². The number of rotatable bonds is 20. The first-order valence-electron chi connectivity index (χ1n) is 14.2. The van der Waals surface area contributed by atoms with Crippen molar-refractivity contribution in [1.29, 1.82) is 0 Å². The molecule has 0 spiro atoms. The highest BCUT2D eigenvalue weighted by atomic mass is 16.7. The van der Waals surface area contributed by atoms with Crippen molar-refractivity contribution < 1.29 is 44.5 Å². The summed E-state index contributed by atoms with van der Waals surface area (Å²) in [5.41, 5.74) is 12.0. The van der Waals surface area contributed by atoms with Gasteiger partial charge in [0, 0.05) is 26.2 Å². The van der Waals surface area contributed by atoms with E-state index >= 15 is 0 Å². The highest BCUT2D eigenvalue weighted by Gasteiger charge is 2.18. The van der Waals surface area contributed by atoms with Crippen LogP contribution >= 0.6 is 0 Å². The van der Waals surface area contributed by atoms with Crippen LogP contribution in [0.1, 0.15) is 22.3 Å². The fraction of sp³-hybridized carbons (Fsp3) is 0.250. The van der Waals surface area contributed by atoms with E-state index in [0.717, 1.165) is 22.3 Å². The van der Waals surface area contributed by atoms with Crippen LogP contribution in [0.3, 0.4) is 0 Å². The molecule has 0 fully saturated rings. The molecule has 4 rings (SSSR count). The van der Waals surface area contributed by atoms with E-state index in [2.05, 4.69) is 21.9 Å². The summed E-state index contributed by atoms with van der Waals surface area (Å²) in [7, 11) is 0. The molecule has 4 aromatic carbocycles. The molecule has 0 saturated heterocycles. The SMILES string of the molecule is ONCc1ccc(OC(COCC(Oc2ccc(CNO)cc2)Oc2ccc(CNO)cc2)Oc2ccc(CNO)cc2)cc1. The molecule has 0 aromatic heterocycles. The monoisotopic (exact) mass is 622 g/mol. The number of ether oxygens (including phenoxy) is 5. The third-order valence-electron chi connectivity index (χ3n) is 6.40. The molecule has 0 amide bonds. The second kappa shape index (κ2) is 18.5. The van der Waals surface area contributed by atoms with Crippen LogP contribution in [-0.2, 0) is 30.9 Å². The van der Waals surface area contributed by atoms with Gasteiger partial charge in [-0.25, -0.2) is 21.9 Å². The molecule has 0 radical (unpaired) electrons. The summed E-state index contributed by atoms with van der Waals surface area (Å²) in [5, 5.41) is 35.9. The Morgan fingerprint density at radius 1 is 0.378 bits per heavy atom. The van der Waals surface area contributed by atoms with E-state index in [1.165, 1.54) is 0 Å². The molecular weight excluding hydrogens is 584 g/mol. The van der Waals surface area contributed by atoms with Crippen molar-refractivity contribution in [1.82, 2.24) is 21.9 Å². The molecule has 0 aliphatic heterocycles. The van der Waals surface area contributed by atoms with Crippen molar-refractivity contribution in [2.45, 2.75) is 38.8 Å². The Hall–Kier alpha value is -4.28. The van der Waals surface area contributed by atoms with Crippen LogP contribution in [0.25, 0.3) is 0 Å². The maximum absolute atomic E-state index is 8.97. The molecular formula is C32H38N4O9. The van der Waals surface area contributed by atoms with Gasteiger partial charge >= 0.3 is 0 Å². The molecule has 13 nitrogen and oxygen atoms in total. The normalized spacial score (nSPS) is 11.2. The molecule has 240 valence electrons. The van der Waals surface area contributed by atoms with E-state index < -0.39 is 12.6 Å². The van der Waals surface area contributed by atoms with Crippen molar-refractivity contribution in [3.05, 3.63) is 119 Å². The van der Waals surface area contributed by atoms with E-state index in [1.54, 1.807) is 48.5 Å². The Bertz CT molecular complexity index is 1170. The van der Waals surface area contributed by atoms with Crippen molar-refractivity contribution in [2.24, 2.45) is 0 Å². The van der Waals surface area contributed by atoms with Gasteiger partial charge < -0.3 is 44.5 Å². The van der Waals surface area contributed by atoms with Gasteiger partial charge in [-0.15, -0.1) is 0 Å². The summed E-state index contributed by atoms with van der Waals surface area (Å²) in [6.45, 7) is 1.18. The summed E-state index contributed by atoms with van der Waals surface area (Å²) in [5.74, 6) is 2.13. The predicted molar refractivity (Wildman–Crippen MR) is 161 cm³/mol. The average Bonchev–Trinajstić information content (AvgIpc) is 3.05. The summed E-state index contributed by atoms with van der Waals surface area (Å²) in [4.78, 5) is 0. The van der Waals surface area contributed by atoms with Crippen LogP contribution in [0.5, 0.6) is 23.0 Å². The quantitative estimate of drug-likeness (QED) is 0.0527. The maximum atomic E-state index is 8.97. The number of benzene rings is 4. The molecule has 0 bridgehead atoms. The molecule has 0 aliphatic rings. The van der Waals surface area contributed by atoms with Crippen LogP contribution in [0, 0.1) is 0 Å². The van der Waals surface area contributed by atoms with E-state index in [0.29, 0.717) is 49.2 Å². The topological polar surface area (TPSA) is 175 Å². The van der Waals surface area contributed by atoms with Gasteiger partial charge in [-0.2, -0.15) is 0 Å². The molecule has 0 saturated carbocycles. The van der Waals surface area contributed by atoms with E-state index in [-0.39, 0.29) is 13.2 Å². The third kappa shape index (κ3) is 11.6. The largest absolute Gasteiger partial charge is 0.452 e. The maximum Gasteiger partial charge on any atom is 0.264 e. The number of hydrogen-bond acceptors (Lipinski definition) is 13. The van der Waals surface area contributed by atoms with Crippen molar-refractivity contribution in [3.63, 3.8) is 0 Å². The van der Waals surface area contributed by atoms with Crippen LogP contribution < -0.4 is 40.9 Å². The van der Waals surface area contributed by atoms with Gasteiger partial charge in [0.05, 0.1) is 0 Å². The zero-order valence-electron chi connectivity index (χ0n) is 24.5. The Kier molecular flexibility index (Phi) is 13.8. The Morgan fingerprint density at radius 2 is 0.600 bits per heavy atom. The molecule has 13 heteroatoms. The molecule has 8 N–H and O–H groups in total. The Balaban J connectivity index is 1.45. The van der Waals surface area contributed by atoms with Gasteiger partial charge in [-0.3, -0.25) is 0 Å². The zero-order chi connectivity index (χ0) is 31.7. The zero-order valence-corrected chi connectivity index (χ0v) is 24.5. The van der Waals surface area contributed by atoms with Crippen molar-refractivity contribution in [2.75, 3.05) is 13.2 Å². The highest BCUT2D eigenvalue weighted by molar-refractivity contribution is 5.30. The van der Waals surface area contributed by atoms with Crippen LogP contribution in [0.4, 0.5) is 0 Å². The molecule has 0 atom stereocenters. The Morgan fingerprint density at radius 3 is 0.800 bits per heavy atom. The molecule has 4 aromatic rings. The summed E-state index contributed by atoms with van der Waals surface area (Å²) >= 11 is 0. The van der Waals surface area contributed by atoms with E-state index in [9.17, 15) is 0 Å². The van der Waals surface area contributed by atoms with Gasteiger partial charge in [0.15, 0.2) is 0 Å². The minimum atomic E-state index is -0.857. The fourth-order valence-corrected chi connectivity index (χ4v) is 4.16. The standard InChI is InChI=1S/C32H38N4O9/c37-33-17-23-1-9-27(10-2-23)42-31(43-28-11-3-24(4-12-28)18-34-38)21-41-22-32(44-29-13-5-25(6-14-29)19-35-39)45-30-15-7-26(8-16-30)20-36-40/h1-16,31-40H,17-22H2. The molecule has 45 heavy (non-hydrogen) atoms. The summed E-state index contributed by atoms with van der Waals surface area (Å²) < 4.78 is 30.4. The number of hydrogen-bond donors (Lipinski definition) is 8. The first-order chi connectivity index (χ1) is 22.1. The van der Waals surface area contributed by atoms with Gasteiger partial charge in [0.2, 0.25) is 0 Å². The average molecular weight is 623 g/mol. The lowest BCUT2D eigenvalue weighted by molar-refractivity contribution is -0.105. The minimum absolute atomic E-state index is 0.00529. The predicted octanol–water partition coefficient (Wildman–Crippen LogP) is 3.89. The lowest BCUT2D eigenvalue weighted by atomic mass is 10.2. The Labute approximate surface area is 260 Å². The van der Waals surface area contributed by atoms with Gasteiger partial charge in [0.25, 0.3) is 12.6 Å². The van der Waals surface area contributed by atoms with Gasteiger partial charge in [-0.1, -0.05) is 48.5 Å². The second-order valence-corrected chi connectivity index (χ2v) is 9.78. The van der Waals surface area contributed by atoms with E-state index in [4.69, 9.17) is 44.5 Å².